The number of nitrogens with one attached hydrogen (secondary N) is 2. The third-order valence-corrected chi connectivity index (χ3v) is 2.80. The molecular weight excluding hydrogens is 124 g/mol. The van der Waals surface area contributed by atoms with E-state index < -0.39 is 0 Å². The molecule has 0 aromatic carbocycles. The molecule has 0 unspecified atom stereocenters. The Labute approximate surface area is 62.4 Å². The summed E-state index contributed by atoms with van der Waals surface area (Å²) in [7, 11) is 0. The molecule has 0 bridgehead atoms. The maximum atomic E-state index is 3.63. The van der Waals surface area contributed by atoms with Crippen LogP contribution in [0.2, 0.25) is 0 Å². The predicted molar refractivity (Wildman–Crippen MR) is 42.1 cm³/mol. The van der Waals surface area contributed by atoms with Gasteiger partial charge < -0.3 is 10.6 Å². The molecule has 2 N–H and O–H groups in total. The van der Waals surface area contributed by atoms with Crippen molar-refractivity contribution in [1.29, 1.82) is 0 Å². The summed E-state index contributed by atoms with van der Waals surface area (Å²) in [5.41, 5.74) is 0.524. The van der Waals surface area contributed by atoms with Gasteiger partial charge in [0.05, 0.1) is 0 Å². The highest BCUT2D eigenvalue weighted by Gasteiger charge is 2.36. The number of rotatable bonds is 0. The lowest BCUT2D eigenvalue weighted by Crippen LogP contribution is -2.55. The van der Waals surface area contributed by atoms with E-state index in [-0.39, 0.29) is 0 Å². The summed E-state index contributed by atoms with van der Waals surface area (Å²) < 4.78 is 0. The molecule has 0 radical (unpaired) electrons. The Bertz CT molecular complexity index is 108. The highest BCUT2D eigenvalue weighted by atomic mass is 15.1. The molecule has 58 valence electrons. The highest BCUT2D eigenvalue weighted by Crippen LogP contribution is 2.31. The Balaban J connectivity index is 1.92. The lowest BCUT2D eigenvalue weighted by molar-refractivity contribution is 0.193. The Morgan fingerprint density at radius 1 is 1.00 bits per heavy atom. The van der Waals surface area contributed by atoms with Gasteiger partial charge in [0.2, 0.25) is 0 Å². The van der Waals surface area contributed by atoms with Crippen LogP contribution in [0.3, 0.4) is 0 Å². The van der Waals surface area contributed by atoms with Crippen LogP contribution < -0.4 is 10.6 Å². The fourth-order valence-corrected chi connectivity index (χ4v) is 1.91. The first-order chi connectivity index (χ1) is 4.91. The summed E-state index contributed by atoms with van der Waals surface area (Å²) in [6.07, 6.45) is 5.50. The van der Waals surface area contributed by atoms with E-state index in [1.165, 1.54) is 45.3 Å². The quantitative estimate of drug-likeness (QED) is 0.512. The third-order valence-electron chi connectivity index (χ3n) is 2.80. The minimum atomic E-state index is 0.524. The van der Waals surface area contributed by atoms with Crippen LogP contribution in [-0.4, -0.2) is 25.2 Å². The standard InChI is InChI=1S/C8H16N2/c1-3-8(4-1)7-9-5-2-6-10-8/h9-10H,1-7H2. The van der Waals surface area contributed by atoms with Crippen molar-refractivity contribution in [1.82, 2.24) is 10.6 Å². The van der Waals surface area contributed by atoms with E-state index in [9.17, 15) is 0 Å². The largest absolute Gasteiger partial charge is 0.315 e. The van der Waals surface area contributed by atoms with Crippen molar-refractivity contribution < 1.29 is 0 Å². The summed E-state index contributed by atoms with van der Waals surface area (Å²) in [6.45, 7) is 3.62. The van der Waals surface area contributed by atoms with Crippen LogP contribution in [0.15, 0.2) is 0 Å². The van der Waals surface area contributed by atoms with Gasteiger partial charge in [-0.2, -0.15) is 0 Å². The first-order valence-corrected chi connectivity index (χ1v) is 4.37. The molecule has 1 saturated carbocycles. The van der Waals surface area contributed by atoms with Gasteiger partial charge in [-0.05, 0) is 38.8 Å². The molecular formula is C8H16N2. The van der Waals surface area contributed by atoms with Crippen molar-refractivity contribution in [2.45, 2.75) is 31.2 Å². The smallest absolute Gasteiger partial charge is 0.0306 e. The average molecular weight is 140 g/mol. The van der Waals surface area contributed by atoms with Crippen molar-refractivity contribution in [2.75, 3.05) is 19.6 Å². The van der Waals surface area contributed by atoms with Gasteiger partial charge in [0, 0.05) is 12.1 Å². The molecule has 1 aliphatic carbocycles. The average Bonchev–Trinajstić information content (AvgIpc) is 2.08. The fraction of sp³-hybridized carbons (Fsp3) is 1.00. The van der Waals surface area contributed by atoms with Crippen LogP contribution >= 0.6 is 0 Å². The topological polar surface area (TPSA) is 24.1 Å². The van der Waals surface area contributed by atoms with Crippen molar-refractivity contribution >= 4 is 0 Å². The molecule has 0 amide bonds. The van der Waals surface area contributed by atoms with Gasteiger partial charge in [-0.25, -0.2) is 0 Å². The zero-order valence-corrected chi connectivity index (χ0v) is 6.45. The highest BCUT2D eigenvalue weighted by molar-refractivity contribution is 4.98. The zero-order valence-electron chi connectivity index (χ0n) is 6.45. The summed E-state index contributed by atoms with van der Waals surface area (Å²) in [5.74, 6) is 0. The molecule has 2 nitrogen and oxygen atoms in total. The molecule has 10 heavy (non-hydrogen) atoms. The minimum absolute atomic E-state index is 0.524. The maximum absolute atomic E-state index is 3.63. The molecule has 2 rings (SSSR count). The predicted octanol–water partition coefficient (Wildman–Crippen LogP) is 0.492. The van der Waals surface area contributed by atoms with Crippen LogP contribution in [0.4, 0.5) is 0 Å². The van der Waals surface area contributed by atoms with Crippen LogP contribution in [0.1, 0.15) is 25.7 Å². The maximum Gasteiger partial charge on any atom is 0.0306 e. The third kappa shape index (κ3) is 1.06. The molecule has 2 aliphatic rings. The first kappa shape index (κ1) is 6.62. The van der Waals surface area contributed by atoms with Crippen molar-refractivity contribution in [3.05, 3.63) is 0 Å². The molecule has 0 aromatic rings. The molecule has 1 saturated heterocycles. The number of hydrogen-bond donors (Lipinski definition) is 2. The summed E-state index contributed by atoms with van der Waals surface area (Å²) in [6, 6.07) is 0. The van der Waals surface area contributed by atoms with Crippen molar-refractivity contribution in [3.8, 4) is 0 Å². The molecule has 2 heteroatoms. The fourth-order valence-electron chi connectivity index (χ4n) is 1.91. The van der Waals surface area contributed by atoms with E-state index in [1.807, 2.05) is 0 Å². The monoisotopic (exact) mass is 140 g/mol. The minimum Gasteiger partial charge on any atom is -0.315 e. The van der Waals surface area contributed by atoms with E-state index in [4.69, 9.17) is 0 Å². The normalized spacial score (nSPS) is 31.2. The van der Waals surface area contributed by atoms with Crippen LogP contribution in [0, 0.1) is 0 Å². The Morgan fingerprint density at radius 2 is 1.90 bits per heavy atom. The Kier molecular flexibility index (Phi) is 1.66. The molecule has 0 atom stereocenters. The Hall–Kier alpha value is -0.0800. The second kappa shape index (κ2) is 2.51. The second-order valence-electron chi connectivity index (χ2n) is 3.59. The molecule has 2 fully saturated rings. The summed E-state index contributed by atoms with van der Waals surface area (Å²) in [4.78, 5) is 0. The first-order valence-electron chi connectivity index (χ1n) is 4.37. The molecule has 1 aliphatic heterocycles. The van der Waals surface area contributed by atoms with E-state index in [0.29, 0.717) is 5.54 Å². The summed E-state index contributed by atoms with van der Waals surface area (Å²) in [5, 5.41) is 7.11. The zero-order chi connectivity index (χ0) is 6.86. The van der Waals surface area contributed by atoms with Crippen molar-refractivity contribution in [3.63, 3.8) is 0 Å². The van der Waals surface area contributed by atoms with Crippen LogP contribution in [-0.2, 0) is 0 Å². The van der Waals surface area contributed by atoms with E-state index >= 15 is 0 Å². The van der Waals surface area contributed by atoms with Gasteiger partial charge in [0.15, 0.2) is 0 Å². The SMILES string of the molecule is C1CNCC2(CCC2)NC1. The molecule has 1 spiro atoms. The van der Waals surface area contributed by atoms with Gasteiger partial charge in [0.25, 0.3) is 0 Å². The summed E-state index contributed by atoms with van der Waals surface area (Å²) >= 11 is 0. The van der Waals surface area contributed by atoms with Gasteiger partial charge >= 0.3 is 0 Å². The van der Waals surface area contributed by atoms with Crippen LogP contribution in [0.25, 0.3) is 0 Å². The lowest BCUT2D eigenvalue weighted by Gasteiger charge is -2.41. The second-order valence-corrected chi connectivity index (χ2v) is 3.59. The number of hydrogen-bond acceptors (Lipinski definition) is 2. The van der Waals surface area contributed by atoms with E-state index in [0.717, 1.165) is 0 Å². The Morgan fingerprint density at radius 3 is 2.60 bits per heavy atom. The lowest BCUT2D eigenvalue weighted by atomic mass is 9.77. The van der Waals surface area contributed by atoms with Gasteiger partial charge in [-0.3, -0.25) is 0 Å². The molecule has 0 aromatic heterocycles. The van der Waals surface area contributed by atoms with E-state index in [2.05, 4.69) is 10.6 Å². The van der Waals surface area contributed by atoms with Gasteiger partial charge in [-0.15, -0.1) is 0 Å². The van der Waals surface area contributed by atoms with E-state index in [1.54, 1.807) is 0 Å². The van der Waals surface area contributed by atoms with Crippen LogP contribution in [0.5, 0.6) is 0 Å². The molecule has 1 heterocycles. The van der Waals surface area contributed by atoms with Gasteiger partial charge in [-0.1, -0.05) is 0 Å². The van der Waals surface area contributed by atoms with Crippen molar-refractivity contribution in [2.24, 2.45) is 0 Å². The van der Waals surface area contributed by atoms with Gasteiger partial charge in [0.1, 0.15) is 0 Å².